The number of oxazole rings is 1. The van der Waals surface area contributed by atoms with Crippen molar-refractivity contribution in [3.63, 3.8) is 0 Å². The largest absolute Gasteiger partial charge is 0.494 e. The van der Waals surface area contributed by atoms with Crippen molar-refractivity contribution in [3.8, 4) is 5.75 Å². The van der Waals surface area contributed by atoms with Crippen LogP contribution in [0.3, 0.4) is 0 Å². The number of nitrogens with one attached hydrogen (secondary N) is 1. The quantitative estimate of drug-likeness (QED) is 0.402. The maximum atomic E-state index is 14.3. The molecule has 0 bridgehead atoms. The van der Waals surface area contributed by atoms with Crippen LogP contribution in [0.2, 0.25) is 0 Å². The van der Waals surface area contributed by atoms with Crippen LogP contribution in [0.4, 0.5) is 10.2 Å². The summed E-state index contributed by atoms with van der Waals surface area (Å²) in [6.45, 7) is 2.80. The van der Waals surface area contributed by atoms with E-state index in [9.17, 15) is 14.3 Å². The predicted molar refractivity (Wildman–Crippen MR) is 126 cm³/mol. The SMILES string of the molecule is COc1ccc([C@@H](CC(=O)O)c2nc(CCCCc3ccc4c(n3)NCCC4)c(C)o2)cc1F. The maximum absolute atomic E-state index is 14.3. The molecule has 1 aliphatic heterocycles. The monoisotopic (exact) mass is 467 g/mol. The minimum atomic E-state index is -1.01. The average Bonchev–Trinajstić information content (AvgIpc) is 3.20. The van der Waals surface area contributed by atoms with Gasteiger partial charge in [0.25, 0.3) is 0 Å². The lowest BCUT2D eigenvalue weighted by Gasteiger charge is -2.17. The third-order valence-corrected chi connectivity index (χ3v) is 6.21. The molecule has 1 aliphatic rings. The van der Waals surface area contributed by atoms with E-state index in [-0.39, 0.29) is 12.2 Å². The van der Waals surface area contributed by atoms with Crippen molar-refractivity contribution >= 4 is 11.8 Å². The fourth-order valence-corrected chi connectivity index (χ4v) is 4.36. The van der Waals surface area contributed by atoms with Gasteiger partial charge in [-0.25, -0.2) is 14.4 Å². The first-order valence-electron chi connectivity index (χ1n) is 11.7. The van der Waals surface area contributed by atoms with E-state index in [1.165, 1.54) is 24.8 Å². The molecule has 8 heteroatoms. The first kappa shape index (κ1) is 23.7. The first-order valence-corrected chi connectivity index (χ1v) is 11.7. The van der Waals surface area contributed by atoms with Gasteiger partial charge in [-0.15, -0.1) is 0 Å². The van der Waals surface area contributed by atoms with E-state index < -0.39 is 17.7 Å². The molecule has 3 heterocycles. The fourth-order valence-electron chi connectivity index (χ4n) is 4.36. The van der Waals surface area contributed by atoms with E-state index in [1.54, 1.807) is 6.07 Å². The number of methoxy groups -OCH3 is 1. The van der Waals surface area contributed by atoms with E-state index in [4.69, 9.17) is 14.1 Å². The summed E-state index contributed by atoms with van der Waals surface area (Å²) in [5.41, 5.74) is 3.65. The zero-order chi connectivity index (χ0) is 24.1. The summed E-state index contributed by atoms with van der Waals surface area (Å²) in [7, 11) is 1.38. The van der Waals surface area contributed by atoms with Crippen LogP contribution >= 0.6 is 0 Å². The summed E-state index contributed by atoms with van der Waals surface area (Å²) >= 11 is 0. The smallest absolute Gasteiger partial charge is 0.304 e. The van der Waals surface area contributed by atoms with Crippen molar-refractivity contribution < 1.29 is 23.4 Å². The molecule has 0 saturated heterocycles. The van der Waals surface area contributed by atoms with Crippen molar-refractivity contribution in [1.29, 1.82) is 0 Å². The van der Waals surface area contributed by atoms with Gasteiger partial charge in [0.15, 0.2) is 11.6 Å². The number of aromatic nitrogens is 2. The molecule has 180 valence electrons. The van der Waals surface area contributed by atoms with Crippen LogP contribution in [-0.2, 0) is 24.1 Å². The van der Waals surface area contributed by atoms with Gasteiger partial charge < -0.3 is 19.6 Å². The van der Waals surface area contributed by atoms with E-state index in [1.807, 2.05) is 6.92 Å². The number of carboxylic acid groups (broad SMARTS) is 1. The molecule has 0 saturated carbocycles. The zero-order valence-electron chi connectivity index (χ0n) is 19.6. The molecule has 2 aromatic heterocycles. The molecular formula is C26H30FN3O4. The summed E-state index contributed by atoms with van der Waals surface area (Å²) in [6, 6.07) is 8.69. The Bertz CT molecular complexity index is 1160. The Morgan fingerprint density at radius 3 is 2.82 bits per heavy atom. The normalized spacial score (nSPS) is 13.7. The highest BCUT2D eigenvalue weighted by Gasteiger charge is 2.25. The van der Waals surface area contributed by atoms with Crippen LogP contribution in [0.1, 0.15) is 65.8 Å². The van der Waals surface area contributed by atoms with E-state index in [0.29, 0.717) is 17.2 Å². The molecule has 7 nitrogen and oxygen atoms in total. The topological polar surface area (TPSA) is 97.5 Å². The molecule has 0 fully saturated rings. The first-order chi connectivity index (χ1) is 16.4. The Morgan fingerprint density at radius 2 is 2.06 bits per heavy atom. The van der Waals surface area contributed by atoms with Crippen molar-refractivity contribution in [1.82, 2.24) is 9.97 Å². The summed E-state index contributed by atoms with van der Waals surface area (Å²) in [4.78, 5) is 20.8. The number of aryl methyl sites for hydroxylation is 4. The van der Waals surface area contributed by atoms with E-state index >= 15 is 0 Å². The lowest BCUT2D eigenvalue weighted by molar-refractivity contribution is -0.137. The number of rotatable bonds is 10. The van der Waals surface area contributed by atoms with Crippen LogP contribution in [0, 0.1) is 12.7 Å². The number of aliphatic carboxylic acids is 1. The molecule has 34 heavy (non-hydrogen) atoms. The van der Waals surface area contributed by atoms with Crippen molar-refractivity contribution in [3.05, 3.63) is 70.3 Å². The number of carbonyl (C=O) groups is 1. The fraction of sp³-hybridized carbons (Fsp3) is 0.423. The minimum absolute atomic E-state index is 0.103. The average molecular weight is 468 g/mol. The number of anilines is 1. The molecule has 0 aliphatic carbocycles. The van der Waals surface area contributed by atoms with Crippen molar-refractivity contribution in [2.45, 2.75) is 57.8 Å². The minimum Gasteiger partial charge on any atom is -0.494 e. The second-order valence-corrected chi connectivity index (χ2v) is 8.65. The highest BCUT2D eigenvalue weighted by atomic mass is 19.1. The number of hydrogen-bond donors (Lipinski definition) is 2. The number of benzene rings is 1. The molecule has 1 atom stereocenters. The van der Waals surface area contributed by atoms with Crippen LogP contribution in [-0.4, -0.2) is 34.7 Å². The van der Waals surface area contributed by atoms with Gasteiger partial charge in [-0.2, -0.15) is 0 Å². The Kier molecular flexibility index (Phi) is 7.45. The summed E-state index contributed by atoms with van der Waals surface area (Å²) in [5, 5.41) is 12.8. The molecule has 1 aromatic carbocycles. The molecule has 3 aromatic rings. The number of ether oxygens (including phenoxy) is 1. The van der Waals surface area contributed by atoms with Crippen LogP contribution in [0.5, 0.6) is 5.75 Å². The summed E-state index contributed by atoms with van der Waals surface area (Å²) in [6.07, 6.45) is 5.43. The standard InChI is InChI=1S/C26H30FN3O4/c1-16-22(8-4-3-7-19-11-9-17-6-5-13-28-25(17)29-19)30-26(34-16)20(15-24(31)32)18-10-12-23(33-2)21(27)14-18/h9-12,14,20H,3-8,13,15H2,1-2H3,(H,28,29)(H,31,32)/t20-/m1/s1. The molecule has 0 amide bonds. The lowest BCUT2D eigenvalue weighted by atomic mass is 9.95. The second kappa shape index (κ2) is 10.7. The Hall–Kier alpha value is -3.42. The molecule has 0 radical (unpaired) electrons. The third kappa shape index (κ3) is 5.55. The second-order valence-electron chi connectivity index (χ2n) is 8.65. The van der Waals surface area contributed by atoms with Gasteiger partial charge in [-0.05, 0) is 74.8 Å². The van der Waals surface area contributed by atoms with Crippen molar-refractivity contribution in [2.24, 2.45) is 0 Å². The molecule has 2 N–H and O–H groups in total. The highest BCUT2D eigenvalue weighted by molar-refractivity contribution is 5.68. The molecule has 4 rings (SSSR count). The molecule has 0 unspecified atom stereocenters. The third-order valence-electron chi connectivity index (χ3n) is 6.21. The molecular weight excluding hydrogens is 437 g/mol. The Labute approximate surface area is 198 Å². The van der Waals surface area contributed by atoms with Gasteiger partial charge in [0.05, 0.1) is 25.1 Å². The summed E-state index contributed by atoms with van der Waals surface area (Å²) in [5.74, 6) is -0.169. The van der Waals surface area contributed by atoms with Crippen LogP contribution < -0.4 is 10.1 Å². The van der Waals surface area contributed by atoms with E-state index in [0.717, 1.165) is 62.3 Å². The number of carboxylic acids is 1. The van der Waals surface area contributed by atoms with Crippen LogP contribution in [0.25, 0.3) is 0 Å². The number of hydrogen-bond acceptors (Lipinski definition) is 6. The molecule has 0 spiro atoms. The van der Waals surface area contributed by atoms with E-state index in [2.05, 4.69) is 22.4 Å². The van der Waals surface area contributed by atoms with Gasteiger partial charge >= 0.3 is 5.97 Å². The maximum Gasteiger partial charge on any atom is 0.304 e. The van der Waals surface area contributed by atoms with Crippen molar-refractivity contribution in [2.75, 3.05) is 19.0 Å². The Balaban J connectivity index is 1.41. The summed E-state index contributed by atoms with van der Waals surface area (Å²) < 4.78 is 25.1. The highest BCUT2D eigenvalue weighted by Crippen LogP contribution is 2.32. The van der Waals surface area contributed by atoms with Gasteiger partial charge in [0.2, 0.25) is 5.89 Å². The number of pyridine rings is 1. The zero-order valence-corrected chi connectivity index (χ0v) is 19.6. The van der Waals surface area contributed by atoms with Crippen LogP contribution in [0.15, 0.2) is 34.7 Å². The van der Waals surface area contributed by atoms with Gasteiger partial charge in [-0.1, -0.05) is 12.1 Å². The Morgan fingerprint density at radius 1 is 1.24 bits per heavy atom. The van der Waals surface area contributed by atoms with Gasteiger partial charge in [0, 0.05) is 12.2 Å². The number of halogens is 1. The van der Waals surface area contributed by atoms with Gasteiger partial charge in [0.1, 0.15) is 11.6 Å². The lowest BCUT2D eigenvalue weighted by Crippen LogP contribution is -2.14. The van der Waals surface area contributed by atoms with Gasteiger partial charge in [-0.3, -0.25) is 4.79 Å². The number of unbranched alkanes of at least 4 members (excludes halogenated alkanes) is 1. The predicted octanol–water partition coefficient (Wildman–Crippen LogP) is 5.06. The number of fused-ring (bicyclic) bond motifs is 1. The number of nitrogens with zero attached hydrogens (tertiary/aromatic N) is 2.